The first kappa shape index (κ1) is 11.6. The van der Waals surface area contributed by atoms with Crippen LogP contribution in [0.25, 0.3) is 0 Å². The lowest BCUT2D eigenvalue weighted by Gasteiger charge is -2.06. The molecule has 0 aromatic carbocycles. The minimum absolute atomic E-state index is 0.259. The van der Waals surface area contributed by atoms with Crippen molar-refractivity contribution < 1.29 is 4.79 Å². The van der Waals surface area contributed by atoms with Gasteiger partial charge in [-0.1, -0.05) is 11.6 Å². The molecule has 0 fully saturated rings. The Morgan fingerprint density at radius 3 is 2.82 bits per heavy atom. The van der Waals surface area contributed by atoms with E-state index in [4.69, 9.17) is 11.6 Å². The summed E-state index contributed by atoms with van der Waals surface area (Å²) in [5, 5.41) is 9.46. The van der Waals surface area contributed by atoms with Crippen molar-refractivity contribution in [2.45, 2.75) is 13.8 Å². The number of carbonyl (C=O) groups excluding carboxylic acids is 1. The van der Waals surface area contributed by atoms with Gasteiger partial charge in [-0.25, -0.2) is 4.98 Å². The number of halogens is 1. The maximum Gasteiger partial charge on any atom is 0.259 e. The van der Waals surface area contributed by atoms with E-state index in [1.54, 1.807) is 19.2 Å². The lowest BCUT2D eigenvalue weighted by Crippen LogP contribution is -2.13. The van der Waals surface area contributed by atoms with Crippen LogP contribution < -0.4 is 5.32 Å². The molecule has 0 aliphatic heterocycles. The fraction of sp³-hybridized carbons (Fsp3) is 0.182. The number of hydrogen-bond donors (Lipinski definition) is 2. The second-order valence-electron chi connectivity index (χ2n) is 3.71. The Balaban J connectivity index is 2.24. The lowest BCUT2D eigenvalue weighted by atomic mass is 10.2. The number of amides is 1. The Morgan fingerprint density at radius 1 is 1.41 bits per heavy atom. The summed E-state index contributed by atoms with van der Waals surface area (Å²) in [6.45, 7) is 3.65. The van der Waals surface area contributed by atoms with Crippen LogP contribution in [0.5, 0.6) is 0 Å². The molecule has 2 heterocycles. The van der Waals surface area contributed by atoms with Crippen molar-refractivity contribution in [3.63, 3.8) is 0 Å². The van der Waals surface area contributed by atoms with E-state index < -0.39 is 0 Å². The fourth-order valence-electron chi connectivity index (χ4n) is 1.41. The van der Waals surface area contributed by atoms with Gasteiger partial charge >= 0.3 is 0 Å². The summed E-state index contributed by atoms with van der Waals surface area (Å²) in [6.07, 6.45) is 3.11. The predicted molar refractivity (Wildman–Crippen MR) is 65.3 cm³/mol. The summed E-state index contributed by atoms with van der Waals surface area (Å²) < 4.78 is 0. The Hall–Kier alpha value is -1.88. The van der Waals surface area contributed by atoms with Gasteiger partial charge in [0.1, 0.15) is 0 Å². The van der Waals surface area contributed by atoms with Gasteiger partial charge in [-0.15, -0.1) is 0 Å². The zero-order chi connectivity index (χ0) is 12.4. The largest absolute Gasteiger partial charge is 0.319 e. The van der Waals surface area contributed by atoms with Gasteiger partial charge in [0.15, 0.2) is 5.15 Å². The Labute approximate surface area is 103 Å². The molecule has 2 aromatic rings. The minimum Gasteiger partial charge on any atom is -0.319 e. The molecular weight excluding hydrogens is 240 g/mol. The van der Waals surface area contributed by atoms with E-state index in [2.05, 4.69) is 20.5 Å². The number of aromatic nitrogens is 3. The van der Waals surface area contributed by atoms with E-state index in [1.165, 1.54) is 6.20 Å². The molecule has 0 saturated heterocycles. The molecule has 0 spiro atoms. The molecule has 0 aliphatic rings. The third kappa shape index (κ3) is 2.45. The molecule has 0 radical (unpaired) electrons. The molecule has 0 saturated carbocycles. The summed E-state index contributed by atoms with van der Waals surface area (Å²) in [6, 6.07) is 1.77. The Morgan fingerprint density at radius 2 is 2.18 bits per heavy atom. The van der Waals surface area contributed by atoms with E-state index in [1.807, 2.05) is 6.92 Å². The van der Waals surface area contributed by atoms with Gasteiger partial charge in [-0.3, -0.25) is 9.89 Å². The quantitative estimate of drug-likeness (QED) is 0.804. The second-order valence-corrected chi connectivity index (χ2v) is 4.07. The first-order valence-electron chi connectivity index (χ1n) is 5.01. The van der Waals surface area contributed by atoms with E-state index in [-0.39, 0.29) is 11.1 Å². The normalized spacial score (nSPS) is 10.3. The lowest BCUT2D eigenvalue weighted by molar-refractivity contribution is 0.102. The highest BCUT2D eigenvalue weighted by Crippen LogP contribution is 2.20. The minimum atomic E-state index is -0.259. The third-order valence-electron chi connectivity index (χ3n) is 2.30. The topological polar surface area (TPSA) is 70.7 Å². The van der Waals surface area contributed by atoms with Crippen LogP contribution in [0.4, 0.5) is 5.69 Å². The number of nitrogens with zero attached hydrogens (tertiary/aromatic N) is 2. The standard InChI is InChI=1S/C11H11ClN4O/c1-6-3-9(10(12)13-4-6)15-11(17)8-5-14-16-7(8)2/h3-5H,1-2H3,(H,14,16)(H,15,17). The summed E-state index contributed by atoms with van der Waals surface area (Å²) in [5.74, 6) is -0.259. The van der Waals surface area contributed by atoms with Gasteiger partial charge < -0.3 is 5.32 Å². The van der Waals surface area contributed by atoms with Crippen molar-refractivity contribution in [1.82, 2.24) is 15.2 Å². The second kappa shape index (κ2) is 4.55. The zero-order valence-electron chi connectivity index (χ0n) is 9.41. The number of nitrogens with one attached hydrogen (secondary N) is 2. The molecule has 0 aliphatic carbocycles. The molecule has 1 amide bonds. The highest BCUT2D eigenvalue weighted by molar-refractivity contribution is 6.32. The zero-order valence-corrected chi connectivity index (χ0v) is 10.2. The number of rotatable bonds is 2. The number of aryl methyl sites for hydroxylation is 2. The van der Waals surface area contributed by atoms with Crippen LogP contribution in [0.2, 0.25) is 5.15 Å². The summed E-state index contributed by atoms with van der Waals surface area (Å²) >= 11 is 5.89. The van der Waals surface area contributed by atoms with Gasteiger partial charge in [-0.2, -0.15) is 5.10 Å². The third-order valence-corrected chi connectivity index (χ3v) is 2.60. The van der Waals surface area contributed by atoms with Crippen molar-refractivity contribution in [3.8, 4) is 0 Å². The van der Waals surface area contributed by atoms with Crippen molar-refractivity contribution in [2.75, 3.05) is 5.32 Å². The van der Waals surface area contributed by atoms with E-state index in [0.717, 1.165) is 5.56 Å². The predicted octanol–water partition coefficient (Wildman–Crippen LogP) is 2.33. The molecule has 0 unspecified atom stereocenters. The molecule has 2 rings (SSSR count). The SMILES string of the molecule is Cc1cnc(Cl)c(NC(=O)c2cn[nH]c2C)c1. The van der Waals surface area contributed by atoms with Crippen LogP contribution in [-0.2, 0) is 0 Å². The highest BCUT2D eigenvalue weighted by atomic mass is 35.5. The first-order valence-corrected chi connectivity index (χ1v) is 5.39. The molecular formula is C11H11ClN4O. The Bertz CT molecular complexity index is 564. The van der Waals surface area contributed by atoms with E-state index in [9.17, 15) is 4.79 Å². The van der Waals surface area contributed by atoms with Crippen LogP contribution in [0.3, 0.4) is 0 Å². The van der Waals surface area contributed by atoms with Gasteiger partial charge in [0.05, 0.1) is 17.4 Å². The smallest absolute Gasteiger partial charge is 0.259 e. The first-order chi connectivity index (χ1) is 8.08. The van der Waals surface area contributed by atoms with Crippen molar-refractivity contribution in [3.05, 3.63) is 40.4 Å². The number of anilines is 1. The Kier molecular flexibility index (Phi) is 3.10. The van der Waals surface area contributed by atoms with E-state index in [0.29, 0.717) is 16.9 Å². The maximum absolute atomic E-state index is 11.9. The van der Waals surface area contributed by atoms with Crippen molar-refractivity contribution in [1.29, 1.82) is 0 Å². The van der Waals surface area contributed by atoms with Gasteiger partial charge in [-0.05, 0) is 25.5 Å². The summed E-state index contributed by atoms with van der Waals surface area (Å²) in [5.41, 5.74) is 2.62. The van der Waals surface area contributed by atoms with Crippen molar-refractivity contribution >= 4 is 23.2 Å². The summed E-state index contributed by atoms with van der Waals surface area (Å²) in [7, 11) is 0. The van der Waals surface area contributed by atoms with Gasteiger partial charge in [0.2, 0.25) is 0 Å². The molecule has 2 aromatic heterocycles. The van der Waals surface area contributed by atoms with Crippen LogP contribution >= 0.6 is 11.6 Å². The molecule has 6 heteroatoms. The molecule has 0 bridgehead atoms. The van der Waals surface area contributed by atoms with E-state index >= 15 is 0 Å². The maximum atomic E-state index is 11.9. The van der Waals surface area contributed by atoms with Crippen LogP contribution in [0.1, 0.15) is 21.6 Å². The highest BCUT2D eigenvalue weighted by Gasteiger charge is 2.12. The monoisotopic (exact) mass is 250 g/mol. The van der Waals surface area contributed by atoms with Gasteiger partial charge in [0.25, 0.3) is 5.91 Å². The number of hydrogen-bond acceptors (Lipinski definition) is 3. The van der Waals surface area contributed by atoms with Gasteiger partial charge in [0, 0.05) is 11.9 Å². The van der Waals surface area contributed by atoms with Crippen LogP contribution in [0.15, 0.2) is 18.5 Å². The number of aromatic amines is 1. The molecule has 17 heavy (non-hydrogen) atoms. The van der Waals surface area contributed by atoms with Crippen LogP contribution in [0, 0.1) is 13.8 Å². The van der Waals surface area contributed by atoms with Crippen LogP contribution in [-0.4, -0.2) is 21.1 Å². The van der Waals surface area contributed by atoms with Crippen molar-refractivity contribution in [2.24, 2.45) is 0 Å². The number of pyridine rings is 1. The fourth-order valence-corrected chi connectivity index (χ4v) is 1.56. The molecule has 2 N–H and O–H groups in total. The average Bonchev–Trinajstić information content (AvgIpc) is 2.70. The molecule has 88 valence electrons. The molecule has 5 nitrogen and oxygen atoms in total. The number of carbonyl (C=O) groups is 1. The average molecular weight is 251 g/mol. The number of H-pyrrole nitrogens is 1. The molecule has 0 atom stereocenters. The summed E-state index contributed by atoms with van der Waals surface area (Å²) in [4.78, 5) is 15.9.